The van der Waals surface area contributed by atoms with E-state index in [2.05, 4.69) is 5.10 Å². The van der Waals surface area contributed by atoms with Gasteiger partial charge in [-0.15, -0.1) is 0 Å². The molecule has 3 aromatic rings. The lowest BCUT2D eigenvalue weighted by Crippen LogP contribution is -2.45. The summed E-state index contributed by atoms with van der Waals surface area (Å²) in [5, 5.41) is 12.5. The number of nitrogens with one attached hydrogen (secondary N) is 1. The fraction of sp³-hybridized carbons (Fsp3) is 0.304. The average Bonchev–Trinajstić information content (AvgIpc) is 3.12. The number of aryl methyl sites for hydroxylation is 1. The van der Waals surface area contributed by atoms with Crippen LogP contribution in [-0.2, 0) is 6.42 Å². The normalized spacial score (nSPS) is 16.7. The van der Waals surface area contributed by atoms with E-state index in [9.17, 15) is 14.7 Å². The Balaban J connectivity index is 1.57. The zero-order valence-electron chi connectivity index (χ0n) is 16.5. The first-order valence-corrected chi connectivity index (χ1v) is 9.99. The number of piperidine rings is 1. The second-order valence-corrected chi connectivity index (χ2v) is 7.70. The number of phenols is 1. The van der Waals surface area contributed by atoms with Gasteiger partial charge in [-0.1, -0.05) is 29.8 Å². The number of hydrogen-bond acceptors (Lipinski definition) is 3. The molecule has 0 spiro atoms. The SMILES string of the molecule is Cc1ccc(-n2[nH]c(C(=O)N3CCCCC3Cc3ccc(O)cc3)cc2=O)cc1. The zero-order chi connectivity index (χ0) is 20.4. The Morgan fingerprint density at radius 1 is 1.10 bits per heavy atom. The molecule has 1 aliphatic rings. The van der Waals surface area contributed by atoms with Gasteiger partial charge < -0.3 is 10.0 Å². The van der Waals surface area contributed by atoms with Crippen molar-refractivity contribution >= 4 is 5.91 Å². The first-order chi connectivity index (χ1) is 14.0. The zero-order valence-corrected chi connectivity index (χ0v) is 16.5. The number of phenolic OH excluding ortho intramolecular Hbond substituents is 1. The van der Waals surface area contributed by atoms with E-state index in [1.165, 1.54) is 10.7 Å². The van der Waals surface area contributed by atoms with Crippen molar-refractivity contribution in [2.24, 2.45) is 0 Å². The Bertz CT molecular complexity index is 1050. The Kier molecular flexibility index (Phi) is 5.25. The highest BCUT2D eigenvalue weighted by Crippen LogP contribution is 2.23. The van der Waals surface area contributed by atoms with Gasteiger partial charge in [0, 0.05) is 18.7 Å². The first-order valence-electron chi connectivity index (χ1n) is 9.99. The van der Waals surface area contributed by atoms with Gasteiger partial charge in [0.15, 0.2) is 0 Å². The average molecular weight is 391 g/mol. The summed E-state index contributed by atoms with van der Waals surface area (Å²) in [6.07, 6.45) is 3.69. The fourth-order valence-corrected chi connectivity index (χ4v) is 3.93. The van der Waals surface area contributed by atoms with Crippen LogP contribution in [0.3, 0.4) is 0 Å². The Morgan fingerprint density at radius 2 is 1.83 bits per heavy atom. The van der Waals surface area contributed by atoms with Crippen LogP contribution in [0.2, 0.25) is 0 Å². The van der Waals surface area contributed by atoms with Gasteiger partial charge in [0.05, 0.1) is 5.69 Å². The van der Waals surface area contributed by atoms with Crippen molar-refractivity contribution in [2.45, 2.75) is 38.6 Å². The topological polar surface area (TPSA) is 78.3 Å². The monoisotopic (exact) mass is 391 g/mol. The van der Waals surface area contributed by atoms with Crippen molar-refractivity contribution in [3.63, 3.8) is 0 Å². The number of aromatic hydroxyl groups is 1. The molecule has 0 aliphatic carbocycles. The smallest absolute Gasteiger partial charge is 0.272 e. The van der Waals surface area contributed by atoms with Crippen LogP contribution in [0.25, 0.3) is 5.69 Å². The number of H-pyrrole nitrogens is 1. The lowest BCUT2D eigenvalue weighted by Gasteiger charge is -2.35. The van der Waals surface area contributed by atoms with Gasteiger partial charge in [-0.3, -0.25) is 14.7 Å². The molecule has 1 aliphatic heterocycles. The van der Waals surface area contributed by atoms with Gasteiger partial charge in [0.1, 0.15) is 11.4 Å². The summed E-state index contributed by atoms with van der Waals surface area (Å²) >= 11 is 0. The van der Waals surface area contributed by atoms with Gasteiger partial charge in [0.2, 0.25) is 0 Å². The number of amides is 1. The van der Waals surface area contributed by atoms with Crippen LogP contribution in [0.1, 0.15) is 40.9 Å². The highest BCUT2D eigenvalue weighted by Gasteiger charge is 2.29. The van der Waals surface area contributed by atoms with Gasteiger partial charge in [-0.05, 0) is 62.4 Å². The molecule has 1 unspecified atom stereocenters. The van der Waals surface area contributed by atoms with Crippen LogP contribution in [0, 0.1) is 6.92 Å². The van der Waals surface area contributed by atoms with E-state index in [0.717, 1.165) is 36.8 Å². The number of rotatable bonds is 4. The maximum absolute atomic E-state index is 13.2. The lowest BCUT2D eigenvalue weighted by molar-refractivity contribution is 0.0607. The van der Waals surface area contributed by atoms with Crippen molar-refractivity contribution in [3.05, 3.63) is 81.8 Å². The highest BCUT2D eigenvalue weighted by molar-refractivity contribution is 5.92. The molecule has 2 heterocycles. The Hall–Kier alpha value is -3.28. The molecule has 2 N–H and O–H groups in total. The third-order valence-corrected chi connectivity index (χ3v) is 5.54. The largest absolute Gasteiger partial charge is 0.508 e. The van der Waals surface area contributed by atoms with Crippen LogP contribution in [0.4, 0.5) is 0 Å². The molecular weight excluding hydrogens is 366 g/mol. The van der Waals surface area contributed by atoms with E-state index < -0.39 is 0 Å². The maximum atomic E-state index is 13.2. The highest BCUT2D eigenvalue weighted by atomic mass is 16.3. The van der Waals surface area contributed by atoms with E-state index in [0.29, 0.717) is 17.9 Å². The predicted octanol–water partition coefficient (Wildman–Crippen LogP) is 3.42. The minimum atomic E-state index is -0.246. The molecule has 6 heteroatoms. The summed E-state index contributed by atoms with van der Waals surface area (Å²) in [5.41, 5.74) is 2.96. The van der Waals surface area contributed by atoms with Crippen molar-refractivity contribution in [3.8, 4) is 11.4 Å². The van der Waals surface area contributed by atoms with E-state index >= 15 is 0 Å². The van der Waals surface area contributed by atoms with E-state index in [4.69, 9.17) is 0 Å². The summed E-state index contributed by atoms with van der Waals surface area (Å²) < 4.78 is 1.41. The summed E-state index contributed by atoms with van der Waals surface area (Å²) in [4.78, 5) is 27.5. The van der Waals surface area contributed by atoms with Crippen molar-refractivity contribution in [1.82, 2.24) is 14.7 Å². The minimum Gasteiger partial charge on any atom is -0.508 e. The van der Waals surface area contributed by atoms with E-state index in [1.54, 1.807) is 12.1 Å². The van der Waals surface area contributed by atoms with Crippen molar-refractivity contribution < 1.29 is 9.90 Å². The molecule has 0 radical (unpaired) electrons. The molecule has 6 nitrogen and oxygen atoms in total. The van der Waals surface area contributed by atoms with Gasteiger partial charge in [-0.2, -0.15) is 0 Å². The Morgan fingerprint density at radius 3 is 2.55 bits per heavy atom. The number of nitrogens with zero attached hydrogens (tertiary/aromatic N) is 2. The summed E-state index contributed by atoms with van der Waals surface area (Å²) in [6.45, 7) is 2.67. The molecule has 2 aromatic carbocycles. The molecule has 1 atom stereocenters. The predicted molar refractivity (Wildman–Crippen MR) is 112 cm³/mol. The van der Waals surface area contributed by atoms with Crippen LogP contribution in [0.15, 0.2) is 59.4 Å². The molecule has 150 valence electrons. The molecule has 1 aromatic heterocycles. The Labute approximate surface area is 169 Å². The lowest BCUT2D eigenvalue weighted by atomic mass is 9.95. The van der Waals surface area contributed by atoms with Crippen molar-refractivity contribution in [1.29, 1.82) is 0 Å². The maximum Gasteiger partial charge on any atom is 0.272 e. The standard InChI is InChI=1S/C23H25N3O3/c1-16-5-9-18(10-6-16)26-22(28)15-21(24-26)23(29)25-13-3-2-4-19(25)14-17-7-11-20(27)12-8-17/h5-12,15,19,24,27H,2-4,13-14H2,1H3. The minimum absolute atomic E-state index is 0.0759. The molecule has 1 fully saturated rings. The van der Waals surface area contributed by atoms with Crippen LogP contribution < -0.4 is 5.56 Å². The number of aromatic amines is 1. The molecule has 1 amide bonds. The summed E-state index contributed by atoms with van der Waals surface area (Å²) in [6, 6.07) is 16.2. The summed E-state index contributed by atoms with van der Waals surface area (Å²) in [5.74, 6) is 0.0942. The number of likely N-dealkylation sites (tertiary alicyclic amines) is 1. The first kappa shape index (κ1) is 19.1. The van der Waals surface area contributed by atoms with E-state index in [1.807, 2.05) is 48.2 Å². The molecule has 0 bridgehead atoms. The molecular formula is C23H25N3O3. The van der Waals surface area contributed by atoms with Crippen molar-refractivity contribution in [2.75, 3.05) is 6.54 Å². The fourth-order valence-electron chi connectivity index (χ4n) is 3.93. The molecule has 1 saturated heterocycles. The van der Waals surface area contributed by atoms with E-state index in [-0.39, 0.29) is 23.3 Å². The number of aromatic nitrogens is 2. The van der Waals surface area contributed by atoms with Gasteiger partial charge >= 0.3 is 0 Å². The van der Waals surface area contributed by atoms with Crippen LogP contribution >= 0.6 is 0 Å². The second-order valence-electron chi connectivity index (χ2n) is 7.70. The van der Waals surface area contributed by atoms with Gasteiger partial charge in [-0.25, -0.2) is 4.68 Å². The quantitative estimate of drug-likeness (QED) is 0.715. The summed E-state index contributed by atoms with van der Waals surface area (Å²) in [7, 11) is 0. The molecule has 0 saturated carbocycles. The third-order valence-electron chi connectivity index (χ3n) is 5.54. The second kappa shape index (κ2) is 7.99. The molecule has 29 heavy (non-hydrogen) atoms. The number of hydrogen-bond donors (Lipinski definition) is 2. The van der Waals surface area contributed by atoms with Gasteiger partial charge in [0.25, 0.3) is 11.5 Å². The number of carbonyl (C=O) groups is 1. The van der Waals surface area contributed by atoms with Crippen LogP contribution in [0.5, 0.6) is 5.75 Å². The third kappa shape index (κ3) is 4.11. The van der Waals surface area contributed by atoms with Crippen LogP contribution in [-0.4, -0.2) is 38.3 Å². The molecule has 4 rings (SSSR count). The number of carbonyl (C=O) groups excluding carboxylic acids is 1. The number of benzene rings is 2.